The van der Waals surface area contributed by atoms with Crippen molar-refractivity contribution < 1.29 is 14.7 Å². The summed E-state index contributed by atoms with van der Waals surface area (Å²) in [6.07, 6.45) is 0. The summed E-state index contributed by atoms with van der Waals surface area (Å²) in [7, 11) is 0. The number of aromatic carboxylic acids is 1. The topological polar surface area (TPSA) is 86.9 Å². The van der Waals surface area contributed by atoms with Crippen molar-refractivity contribution in [3.05, 3.63) is 29.8 Å². The predicted molar refractivity (Wildman–Crippen MR) is 71.2 cm³/mol. The molecule has 1 aliphatic heterocycles. The van der Waals surface area contributed by atoms with Crippen LogP contribution in [0.1, 0.15) is 10.4 Å². The van der Waals surface area contributed by atoms with Crippen molar-refractivity contribution >= 4 is 17.6 Å². The molecule has 1 aromatic rings. The summed E-state index contributed by atoms with van der Waals surface area (Å²) in [5.41, 5.74) is 6.48. The molecule has 1 amide bonds. The molecule has 1 heterocycles. The van der Waals surface area contributed by atoms with E-state index in [9.17, 15) is 9.59 Å². The molecule has 0 saturated carbocycles. The van der Waals surface area contributed by atoms with Crippen molar-refractivity contribution in [2.24, 2.45) is 5.73 Å². The van der Waals surface area contributed by atoms with E-state index >= 15 is 0 Å². The molecule has 6 heteroatoms. The van der Waals surface area contributed by atoms with Crippen LogP contribution in [0, 0.1) is 0 Å². The van der Waals surface area contributed by atoms with Gasteiger partial charge in [0.1, 0.15) is 0 Å². The highest BCUT2D eigenvalue weighted by molar-refractivity contribution is 5.88. The van der Waals surface area contributed by atoms with E-state index < -0.39 is 5.97 Å². The molecule has 1 aromatic carbocycles. The van der Waals surface area contributed by atoms with Gasteiger partial charge < -0.3 is 20.6 Å². The van der Waals surface area contributed by atoms with Crippen molar-refractivity contribution in [2.45, 2.75) is 0 Å². The highest BCUT2D eigenvalue weighted by atomic mass is 16.4. The first kappa shape index (κ1) is 13.4. The maximum Gasteiger partial charge on any atom is 0.335 e. The minimum Gasteiger partial charge on any atom is -0.478 e. The minimum absolute atomic E-state index is 0.0362. The molecular weight excluding hydrogens is 246 g/mol. The Kier molecular flexibility index (Phi) is 4.01. The molecule has 6 nitrogen and oxygen atoms in total. The zero-order valence-electron chi connectivity index (χ0n) is 10.6. The fourth-order valence-corrected chi connectivity index (χ4v) is 2.18. The first-order valence-corrected chi connectivity index (χ1v) is 6.18. The van der Waals surface area contributed by atoms with E-state index in [4.69, 9.17) is 10.8 Å². The smallest absolute Gasteiger partial charge is 0.335 e. The number of amides is 1. The highest BCUT2D eigenvalue weighted by Gasteiger charge is 2.20. The molecule has 0 aliphatic carbocycles. The number of hydrogen-bond acceptors (Lipinski definition) is 4. The molecular formula is C13H17N3O3. The first-order chi connectivity index (χ1) is 9.11. The summed E-state index contributed by atoms with van der Waals surface area (Å²) >= 11 is 0. The molecule has 19 heavy (non-hydrogen) atoms. The molecule has 1 aliphatic rings. The van der Waals surface area contributed by atoms with Crippen molar-refractivity contribution in [3.8, 4) is 0 Å². The Balaban J connectivity index is 2.03. The van der Waals surface area contributed by atoms with Crippen LogP contribution in [0.5, 0.6) is 0 Å². The summed E-state index contributed by atoms with van der Waals surface area (Å²) in [6.45, 7) is 2.65. The molecule has 0 atom stereocenters. The van der Waals surface area contributed by atoms with Gasteiger partial charge >= 0.3 is 5.97 Å². The molecule has 102 valence electrons. The number of hydrogen-bond donors (Lipinski definition) is 2. The summed E-state index contributed by atoms with van der Waals surface area (Å²) in [6, 6.07) is 6.84. The fourth-order valence-electron chi connectivity index (χ4n) is 2.18. The monoisotopic (exact) mass is 263 g/mol. The standard InChI is InChI=1S/C13H17N3O3/c14-9-12(17)16-6-4-15(5-7-16)11-3-1-2-10(8-11)13(18)19/h1-3,8H,4-7,9,14H2,(H,18,19). The number of anilines is 1. The molecule has 0 spiro atoms. The van der Waals surface area contributed by atoms with Crippen LogP contribution in [0.3, 0.4) is 0 Å². The number of carbonyl (C=O) groups is 2. The molecule has 0 aromatic heterocycles. The number of nitrogens with two attached hydrogens (primary N) is 1. The number of carboxylic acid groups (broad SMARTS) is 1. The second-order valence-electron chi connectivity index (χ2n) is 4.43. The van der Waals surface area contributed by atoms with Gasteiger partial charge in [0.05, 0.1) is 12.1 Å². The molecule has 0 radical (unpaired) electrons. The van der Waals surface area contributed by atoms with Crippen LogP contribution in [0.4, 0.5) is 5.69 Å². The number of benzene rings is 1. The van der Waals surface area contributed by atoms with E-state index in [1.54, 1.807) is 23.1 Å². The Morgan fingerprint density at radius 2 is 1.89 bits per heavy atom. The van der Waals surface area contributed by atoms with Crippen molar-refractivity contribution in [1.29, 1.82) is 0 Å². The minimum atomic E-state index is -0.932. The zero-order chi connectivity index (χ0) is 13.8. The van der Waals surface area contributed by atoms with Gasteiger partial charge in [-0.25, -0.2) is 4.79 Å². The Morgan fingerprint density at radius 1 is 1.21 bits per heavy atom. The van der Waals surface area contributed by atoms with Crippen LogP contribution >= 0.6 is 0 Å². The summed E-state index contributed by atoms with van der Waals surface area (Å²) in [5, 5.41) is 8.97. The number of rotatable bonds is 3. The van der Waals surface area contributed by atoms with Crippen LogP contribution in [0.15, 0.2) is 24.3 Å². The SMILES string of the molecule is NCC(=O)N1CCN(c2cccc(C(=O)O)c2)CC1. The van der Waals surface area contributed by atoms with E-state index in [0.29, 0.717) is 26.2 Å². The number of nitrogens with zero attached hydrogens (tertiary/aromatic N) is 2. The summed E-state index contributed by atoms with van der Waals surface area (Å²) < 4.78 is 0. The summed E-state index contributed by atoms with van der Waals surface area (Å²) in [4.78, 5) is 26.2. The van der Waals surface area contributed by atoms with Crippen molar-refractivity contribution in [1.82, 2.24) is 4.90 Å². The van der Waals surface area contributed by atoms with Crippen molar-refractivity contribution in [3.63, 3.8) is 0 Å². The van der Waals surface area contributed by atoms with Gasteiger partial charge in [0, 0.05) is 31.9 Å². The summed E-state index contributed by atoms with van der Waals surface area (Å²) in [5.74, 6) is -0.974. The Hall–Kier alpha value is -2.08. The van der Waals surface area contributed by atoms with Crippen LogP contribution < -0.4 is 10.6 Å². The van der Waals surface area contributed by atoms with E-state index in [1.165, 1.54) is 0 Å². The van der Waals surface area contributed by atoms with Gasteiger partial charge in [-0.1, -0.05) is 6.07 Å². The van der Waals surface area contributed by atoms with Gasteiger partial charge in [-0.3, -0.25) is 4.79 Å². The van der Waals surface area contributed by atoms with Gasteiger partial charge in [0.15, 0.2) is 0 Å². The van der Waals surface area contributed by atoms with E-state index in [1.807, 2.05) is 6.07 Å². The Labute approximate surface area is 111 Å². The molecule has 2 rings (SSSR count). The van der Waals surface area contributed by atoms with Gasteiger partial charge in [0.25, 0.3) is 0 Å². The zero-order valence-corrected chi connectivity index (χ0v) is 10.6. The van der Waals surface area contributed by atoms with Gasteiger partial charge in [-0.05, 0) is 18.2 Å². The highest BCUT2D eigenvalue weighted by Crippen LogP contribution is 2.18. The van der Waals surface area contributed by atoms with E-state index in [0.717, 1.165) is 5.69 Å². The van der Waals surface area contributed by atoms with Gasteiger partial charge in [0.2, 0.25) is 5.91 Å². The third-order valence-electron chi connectivity index (χ3n) is 3.27. The third-order valence-corrected chi connectivity index (χ3v) is 3.27. The quantitative estimate of drug-likeness (QED) is 0.801. The Bertz CT molecular complexity index is 482. The lowest BCUT2D eigenvalue weighted by Crippen LogP contribution is -2.50. The Morgan fingerprint density at radius 3 is 2.47 bits per heavy atom. The van der Waals surface area contributed by atoms with Crippen LogP contribution in [0.25, 0.3) is 0 Å². The van der Waals surface area contributed by atoms with Crippen LogP contribution in [-0.4, -0.2) is 54.6 Å². The van der Waals surface area contributed by atoms with Crippen LogP contribution in [-0.2, 0) is 4.79 Å². The average molecular weight is 263 g/mol. The van der Waals surface area contributed by atoms with Crippen molar-refractivity contribution in [2.75, 3.05) is 37.6 Å². The second kappa shape index (κ2) is 5.71. The lowest BCUT2D eigenvalue weighted by atomic mass is 10.1. The molecule has 3 N–H and O–H groups in total. The predicted octanol–water partition coefficient (Wildman–Crippen LogP) is -0.00790. The normalized spacial score (nSPS) is 15.4. The first-order valence-electron chi connectivity index (χ1n) is 6.18. The van der Waals surface area contributed by atoms with E-state index in [2.05, 4.69) is 4.90 Å². The number of piperazine rings is 1. The second-order valence-corrected chi connectivity index (χ2v) is 4.43. The number of carboxylic acids is 1. The molecule has 1 saturated heterocycles. The lowest BCUT2D eigenvalue weighted by Gasteiger charge is -2.36. The largest absolute Gasteiger partial charge is 0.478 e. The number of carbonyl (C=O) groups excluding carboxylic acids is 1. The average Bonchev–Trinajstić information content (AvgIpc) is 2.46. The van der Waals surface area contributed by atoms with Gasteiger partial charge in [-0.15, -0.1) is 0 Å². The maximum atomic E-state index is 11.5. The van der Waals surface area contributed by atoms with Gasteiger partial charge in [-0.2, -0.15) is 0 Å². The third kappa shape index (κ3) is 3.03. The van der Waals surface area contributed by atoms with E-state index in [-0.39, 0.29) is 18.0 Å². The molecule has 1 fully saturated rings. The van der Waals surface area contributed by atoms with Crippen LogP contribution in [0.2, 0.25) is 0 Å². The molecule has 0 bridgehead atoms. The fraction of sp³-hybridized carbons (Fsp3) is 0.385. The lowest BCUT2D eigenvalue weighted by molar-refractivity contribution is -0.129. The maximum absolute atomic E-state index is 11.5. The molecule has 0 unspecified atom stereocenters.